The lowest BCUT2D eigenvalue weighted by atomic mass is 9.92. The second kappa shape index (κ2) is 4.26. The Balaban J connectivity index is 2.00. The van der Waals surface area contributed by atoms with Crippen molar-refractivity contribution in [3.8, 4) is 5.75 Å². The zero-order valence-electron chi connectivity index (χ0n) is 12.4. The van der Waals surface area contributed by atoms with Crippen LogP contribution < -0.4 is 10.3 Å². The zero-order chi connectivity index (χ0) is 14.6. The van der Waals surface area contributed by atoms with Crippen molar-refractivity contribution in [2.24, 2.45) is 5.16 Å². The third-order valence-electron chi connectivity index (χ3n) is 4.64. The molecule has 110 valence electrons. The van der Waals surface area contributed by atoms with Gasteiger partial charge in [-0.1, -0.05) is 0 Å². The van der Waals surface area contributed by atoms with Crippen molar-refractivity contribution < 1.29 is 14.4 Å². The fourth-order valence-electron chi connectivity index (χ4n) is 3.52. The largest absolute Gasteiger partial charge is 0.487 e. The van der Waals surface area contributed by atoms with Crippen LogP contribution in [0.25, 0.3) is 11.0 Å². The average molecular weight is 285 g/mol. The Morgan fingerprint density at radius 2 is 1.95 bits per heavy atom. The molecule has 0 bridgehead atoms. The van der Waals surface area contributed by atoms with Gasteiger partial charge < -0.3 is 14.4 Å². The molecule has 0 unspecified atom stereocenters. The van der Waals surface area contributed by atoms with Gasteiger partial charge in [0, 0.05) is 17.0 Å². The molecule has 21 heavy (non-hydrogen) atoms. The second-order valence-corrected chi connectivity index (χ2v) is 6.64. The van der Waals surface area contributed by atoms with Crippen molar-refractivity contribution in [1.29, 1.82) is 0 Å². The van der Waals surface area contributed by atoms with E-state index in [-0.39, 0.29) is 5.60 Å². The molecular weight excluding hydrogens is 266 g/mol. The highest BCUT2D eigenvalue weighted by Crippen LogP contribution is 2.38. The van der Waals surface area contributed by atoms with Crippen LogP contribution in [-0.4, -0.2) is 10.8 Å². The first-order chi connectivity index (χ1) is 10.1. The summed E-state index contributed by atoms with van der Waals surface area (Å²) in [6.07, 6.45) is 5.09. The normalized spacial score (nSPS) is 20.2. The van der Waals surface area contributed by atoms with Gasteiger partial charge in [-0.15, -0.1) is 0 Å². The molecule has 4 heteroatoms. The summed E-state index contributed by atoms with van der Waals surface area (Å²) in [6.45, 7) is 4.21. The predicted molar refractivity (Wildman–Crippen MR) is 78.6 cm³/mol. The first-order valence-electron chi connectivity index (χ1n) is 7.56. The minimum atomic E-state index is -0.137. The zero-order valence-corrected chi connectivity index (χ0v) is 12.4. The SMILES string of the molecule is CC1(C)CCc2cc3c4c(/c(=N\O)oc3cc2O1)CCC4. The Labute approximate surface area is 123 Å². The van der Waals surface area contributed by atoms with Crippen molar-refractivity contribution in [2.75, 3.05) is 0 Å². The third kappa shape index (κ3) is 1.93. The minimum absolute atomic E-state index is 0.137. The van der Waals surface area contributed by atoms with E-state index < -0.39 is 0 Å². The summed E-state index contributed by atoms with van der Waals surface area (Å²) in [4.78, 5) is 0. The van der Waals surface area contributed by atoms with E-state index in [0.717, 1.165) is 54.4 Å². The Bertz CT molecular complexity index is 802. The van der Waals surface area contributed by atoms with E-state index in [1.165, 1.54) is 11.1 Å². The highest BCUT2D eigenvalue weighted by atomic mass is 16.5. The van der Waals surface area contributed by atoms with Crippen molar-refractivity contribution in [3.05, 3.63) is 34.4 Å². The molecule has 2 aromatic rings. The maximum Gasteiger partial charge on any atom is 0.259 e. The van der Waals surface area contributed by atoms with E-state index in [0.29, 0.717) is 5.55 Å². The number of rotatable bonds is 0. The van der Waals surface area contributed by atoms with Gasteiger partial charge in [0.1, 0.15) is 16.9 Å². The fourth-order valence-corrected chi connectivity index (χ4v) is 3.52. The first kappa shape index (κ1) is 12.7. The van der Waals surface area contributed by atoms with Gasteiger partial charge in [-0.25, -0.2) is 0 Å². The lowest BCUT2D eigenvalue weighted by molar-refractivity contribution is 0.0848. The van der Waals surface area contributed by atoms with E-state index in [1.807, 2.05) is 6.07 Å². The molecule has 1 aromatic carbocycles. The molecule has 0 atom stereocenters. The molecule has 1 aromatic heterocycles. The van der Waals surface area contributed by atoms with Crippen LogP contribution in [0.4, 0.5) is 0 Å². The number of fused-ring (bicyclic) bond motifs is 4. The summed E-state index contributed by atoms with van der Waals surface area (Å²) < 4.78 is 11.9. The molecular formula is C17H19NO3. The predicted octanol–water partition coefficient (Wildman–Crippen LogP) is 3.32. The Morgan fingerprint density at radius 3 is 2.76 bits per heavy atom. The second-order valence-electron chi connectivity index (χ2n) is 6.64. The Kier molecular flexibility index (Phi) is 2.59. The molecule has 1 aliphatic heterocycles. The van der Waals surface area contributed by atoms with Crippen LogP contribution in [0.3, 0.4) is 0 Å². The minimum Gasteiger partial charge on any atom is -0.487 e. The summed E-state index contributed by atoms with van der Waals surface area (Å²) in [6, 6.07) is 4.16. The molecule has 0 saturated heterocycles. The van der Waals surface area contributed by atoms with Crippen molar-refractivity contribution in [3.63, 3.8) is 0 Å². The van der Waals surface area contributed by atoms with E-state index >= 15 is 0 Å². The topological polar surface area (TPSA) is 55.0 Å². The van der Waals surface area contributed by atoms with Crippen LogP contribution >= 0.6 is 0 Å². The highest BCUT2D eigenvalue weighted by molar-refractivity contribution is 5.84. The number of ether oxygens (including phenoxy) is 1. The molecule has 1 N–H and O–H groups in total. The molecule has 0 fully saturated rings. The van der Waals surface area contributed by atoms with Crippen LogP contribution in [0.1, 0.15) is 43.4 Å². The Morgan fingerprint density at radius 1 is 1.14 bits per heavy atom. The molecule has 0 amide bonds. The van der Waals surface area contributed by atoms with Crippen molar-refractivity contribution in [1.82, 2.24) is 0 Å². The number of nitrogens with zero attached hydrogens (tertiary/aromatic N) is 1. The molecule has 0 spiro atoms. The monoisotopic (exact) mass is 285 g/mol. The summed E-state index contributed by atoms with van der Waals surface area (Å²) in [5.74, 6) is 0.893. The Hall–Kier alpha value is -1.97. The number of benzene rings is 1. The maximum absolute atomic E-state index is 9.18. The van der Waals surface area contributed by atoms with Gasteiger partial charge in [0.25, 0.3) is 5.55 Å². The van der Waals surface area contributed by atoms with Crippen LogP contribution in [0.5, 0.6) is 5.75 Å². The molecule has 2 aliphatic rings. The molecule has 4 nitrogen and oxygen atoms in total. The van der Waals surface area contributed by atoms with Crippen LogP contribution in [-0.2, 0) is 19.3 Å². The van der Waals surface area contributed by atoms with Crippen LogP contribution in [0, 0.1) is 0 Å². The first-order valence-corrected chi connectivity index (χ1v) is 7.56. The number of hydrogen-bond donors (Lipinski definition) is 1. The van der Waals surface area contributed by atoms with Gasteiger partial charge in [-0.2, -0.15) is 0 Å². The van der Waals surface area contributed by atoms with Crippen LogP contribution in [0.2, 0.25) is 0 Å². The summed E-state index contributed by atoms with van der Waals surface area (Å²) >= 11 is 0. The van der Waals surface area contributed by atoms with Gasteiger partial charge >= 0.3 is 0 Å². The number of aryl methyl sites for hydroxylation is 2. The maximum atomic E-state index is 9.18. The lowest BCUT2D eigenvalue weighted by Gasteiger charge is -2.32. The smallest absolute Gasteiger partial charge is 0.259 e. The van der Waals surface area contributed by atoms with E-state index in [4.69, 9.17) is 9.15 Å². The average Bonchev–Trinajstić information content (AvgIpc) is 2.93. The quantitative estimate of drug-likeness (QED) is 0.597. The summed E-state index contributed by atoms with van der Waals surface area (Å²) in [5, 5.41) is 13.7. The summed E-state index contributed by atoms with van der Waals surface area (Å²) in [5.41, 5.74) is 4.55. The molecule has 1 aliphatic carbocycles. The lowest BCUT2D eigenvalue weighted by Crippen LogP contribution is -2.32. The van der Waals surface area contributed by atoms with E-state index in [2.05, 4.69) is 25.1 Å². The molecule has 2 heterocycles. The van der Waals surface area contributed by atoms with Crippen LogP contribution in [0.15, 0.2) is 21.7 Å². The van der Waals surface area contributed by atoms with Gasteiger partial charge in [0.05, 0.1) is 0 Å². The van der Waals surface area contributed by atoms with Gasteiger partial charge in [0.15, 0.2) is 0 Å². The standard InChI is InChI=1S/C17H19NO3/c1-17(2)7-6-10-8-13-11-4-3-5-12(11)16(18-19)20-15(13)9-14(10)21-17/h8-9,19H,3-7H2,1-2H3/b18-16+. The highest BCUT2D eigenvalue weighted by Gasteiger charge is 2.28. The van der Waals surface area contributed by atoms with Crippen molar-refractivity contribution >= 4 is 11.0 Å². The van der Waals surface area contributed by atoms with Gasteiger partial charge in [0.2, 0.25) is 0 Å². The van der Waals surface area contributed by atoms with Gasteiger partial charge in [-0.05, 0) is 68.3 Å². The van der Waals surface area contributed by atoms with E-state index in [1.54, 1.807) is 0 Å². The van der Waals surface area contributed by atoms with E-state index in [9.17, 15) is 5.21 Å². The number of hydrogen-bond acceptors (Lipinski definition) is 4. The molecule has 0 radical (unpaired) electrons. The third-order valence-corrected chi connectivity index (χ3v) is 4.64. The van der Waals surface area contributed by atoms with Gasteiger partial charge in [-0.3, -0.25) is 0 Å². The fraction of sp³-hybridized carbons (Fsp3) is 0.471. The van der Waals surface area contributed by atoms with Crippen molar-refractivity contribution in [2.45, 2.75) is 51.6 Å². The summed E-state index contributed by atoms with van der Waals surface area (Å²) in [7, 11) is 0. The molecule has 0 saturated carbocycles. The molecule has 4 rings (SSSR count).